The molecule has 0 radical (unpaired) electrons. The number of aromatic nitrogens is 1. The molecule has 0 saturated heterocycles. The van der Waals surface area contributed by atoms with Crippen molar-refractivity contribution in [3.63, 3.8) is 0 Å². The summed E-state index contributed by atoms with van der Waals surface area (Å²) in [5.41, 5.74) is 2.18. The number of nitrogens with zero attached hydrogens (tertiary/aromatic N) is 1. The van der Waals surface area contributed by atoms with Crippen LogP contribution in [0.1, 0.15) is 58.2 Å². The van der Waals surface area contributed by atoms with E-state index >= 15 is 0 Å². The fraction of sp³-hybridized carbons (Fsp3) is 0.320. The van der Waals surface area contributed by atoms with E-state index in [0.29, 0.717) is 22.6 Å². The molecule has 1 aromatic heterocycles. The molecule has 0 aliphatic carbocycles. The molecule has 4 nitrogen and oxygen atoms in total. The van der Waals surface area contributed by atoms with Crippen LogP contribution in [0, 0.1) is 6.92 Å². The van der Waals surface area contributed by atoms with Gasteiger partial charge in [-0.3, -0.25) is 9.59 Å². The predicted octanol–water partition coefficient (Wildman–Crippen LogP) is 7.25. The lowest BCUT2D eigenvalue weighted by molar-refractivity contribution is -0.137. The zero-order valence-electron chi connectivity index (χ0n) is 18.9. The average Bonchev–Trinajstić information content (AvgIpc) is 3.20. The lowest BCUT2D eigenvalue weighted by atomic mass is 10.0. The number of aliphatic carboxylic acids is 1. The highest BCUT2D eigenvalue weighted by Crippen LogP contribution is 2.35. The number of carbonyl (C=O) groups is 2. The molecule has 0 atom stereocenters. The van der Waals surface area contributed by atoms with Crippen molar-refractivity contribution >= 4 is 34.9 Å². The molecule has 0 unspecified atom stereocenters. The van der Waals surface area contributed by atoms with E-state index in [-0.39, 0.29) is 23.9 Å². The number of thioether (sulfide) groups is 1. The number of ketones is 1. The molecule has 0 fully saturated rings. The number of aryl methyl sites for hydroxylation is 2. The number of carboxylic acid groups (broad SMARTS) is 1. The fourth-order valence-corrected chi connectivity index (χ4v) is 5.37. The van der Waals surface area contributed by atoms with Gasteiger partial charge in [-0.15, -0.1) is 23.1 Å². The highest BCUT2D eigenvalue weighted by molar-refractivity contribution is 8.00. The van der Waals surface area contributed by atoms with Crippen molar-refractivity contribution in [1.82, 2.24) is 4.98 Å². The molecule has 1 heterocycles. The zero-order chi connectivity index (χ0) is 25.0. The number of carboxylic acids is 1. The van der Waals surface area contributed by atoms with Crippen LogP contribution >= 0.6 is 23.1 Å². The monoisotopic (exact) mass is 507 g/mol. The van der Waals surface area contributed by atoms with Gasteiger partial charge in [0.1, 0.15) is 5.01 Å². The Balaban J connectivity index is 1.74. The maximum absolute atomic E-state index is 12.9. The normalized spacial score (nSPS) is 11.7. The minimum atomic E-state index is -4.39. The van der Waals surface area contributed by atoms with Crippen LogP contribution in [0.3, 0.4) is 0 Å². The third-order valence-electron chi connectivity index (χ3n) is 5.16. The molecule has 0 amide bonds. The molecule has 180 valence electrons. The summed E-state index contributed by atoms with van der Waals surface area (Å²) in [6.07, 6.45) is -3.63. The lowest BCUT2D eigenvalue weighted by Crippen LogP contribution is -2.04. The number of Topliss-reactive ketones (excluding diaryl/α,β-unsaturated/α-hetero) is 1. The number of halogens is 3. The van der Waals surface area contributed by atoms with Gasteiger partial charge in [-0.05, 0) is 49.1 Å². The molecule has 3 rings (SSSR count). The number of hydrogen-bond donors (Lipinski definition) is 1. The summed E-state index contributed by atoms with van der Waals surface area (Å²) in [6.45, 7) is 5.83. The summed E-state index contributed by atoms with van der Waals surface area (Å²) in [7, 11) is 0. The van der Waals surface area contributed by atoms with Gasteiger partial charge in [-0.2, -0.15) is 13.2 Å². The van der Waals surface area contributed by atoms with Crippen molar-refractivity contribution in [3.05, 3.63) is 69.7 Å². The zero-order valence-corrected chi connectivity index (χ0v) is 20.5. The number of hydrogen-bond acceptors (Lipinski definition) is 5. The highest BCUT2D eigenvalue weighted by atomic mass is 32.2. The summed E-state index contributed by atoms with van der Waals surface area (Å²) in [4.78, 5) is 30.0. The SMILES string of the molecule is Cc1cc(C(=O)CCc2sc(-c3ccc(C(F)(F)F)cc3)nc2C(C)C)ccc1SCC(=O)O. The van der Waals surface area contributed by atoms with Crippen molar-refractivity contribution in [2.45, 2.75) is 50.6 Å². The lowest BCUT2D eigenvalue weighted by Gasteiger charge is -2.08. The van der Waals surface area contributed by atoms with Crippen LogP contribution in [-0.2, 0) is 17.4 Å². The largest absolute Gasteiger partial charge is 0.481 e. The summed E-state index contributed by atoms with van der Waals surface area (Å²) in [6, 6.07) is 10.2. The van der Waals surface area contributed by atoms with Gasteiger partial charge in [0.15, 0.2) is 5.78 Å². The van der Waals surface area contributed by atoms with E-state index in [1.165, 1.54) is 35.2 Å². The maximum atomic E-state index is 12.9. The number of carbonyl (C=O) groups excluding carboxylic acids is 1. The molecule has 2 aromatic carbocycles. The van der Waals surface area contributed by atoms with E-state index < -0.39 is 17.7 Å². The smallest absolute Gasteiger partial charge is 0.416 e. The third kappa shape index (κ3) is 6.48. The standard InChI is InChI=1S/C25H24F3NO3S2/c1-14(2)23-21(34-24(29-23)16-4-7-18(8-5-16)25(26,27)28)11-9-19(30)17-6-10-20(15(3)12-17)33-13-22(31)32/h4-8,10,12,14H,9,11,13H2,1-3H3,(H,31,32). The van der Waals surface area contributed by atoms with Crippen LogP contribution in [0.25, 0.3) is 10.6 Å². The van der Waals surface area contributed by atoms with Crippen LogP contribution < -0.4 is 0 Å². The average molecular weight is 508 g/mol. The van der Waals surface area contributed by atoms with E-state index in [1.807, 2.05) is 20.8 Å². The number of rotatable bonds is 9. The number of alkyl halides is 3. The summed E-state index contributed by atoms with van der Waals surface area (Å²) >= 11 is 2.62. The van der Waals surface area contributed by atoms with Gasteiger partial charge >= 0.3 is 12.1 Å². The molecule has 34 heavy (non-hydrogen) atoms. The van der Waals surface area contributed by atoms with Crippen LogP contribution in [-0.4, -0.2) is 27.6 Å². The van der Waals surface area contributed by atoms with Gasteiger partial charge < -0.3 is 5.11 Å². The van der Waals surface area contributed by atoms with Crippen molar-refractivity contribution < 1.29 is 27.9 Å². The second kappa shape index (κ2) is 10.7. The summed E-state index contributed by atoms with van der Waals surface area (Å²) in [5, 5.41) is 9.48. The molecule has 3 aromatic rings. The van der Waals surface area contributed by atoms with E-state index in [1.54, 1.807) is 18.2 Å². The van der Waals surface area contributed by atoms with Gasteiger partial charge in [0.2, 0.25) is 0 Å². The maximum Gasteiger partial charge on any atom is 0.416 e. The van der Waals surface area contributed by atoms with E-state index in [0.717, 1.165) is 33.2 Å². The minimum absolute atomic E-state index is 0.0305. The molecule has 0 aliphatic heterocycles. The van der Waals surface area contributed by atoms with Gasteiger partial charge in [0, 0.05) is 27.3 Å². The Kier molecular flexibility index (Phi) is 8.20. The molecule has 0 aliphatic rings. The minimum Gasteiger partial charge on any atom is -0.481 e. The number of benzene rings is 2. The first-order valence-electron chi connectivity index (χ1n) is 10.6. The van der Waals surface area contributed by atoms with Crippen molar-refractivity contribution in [3.8, 4) is 10.6 Å². The molecular formula is C25H24F3NO3S2. The van der Waals surface area contributed by atoms with Gasteiger partial charge in [0.05, 0.1) is 17.0 Å². The van der Waals surface area contributed by atoms with Crippen LogP contribution in [0.2, 0.25) is 0 Å². The van der Waals surface area contributed by atoms with Crippen LogP contribution in [0.5, 0.6) is 0 Å². The van der Waals surface area contributed by atoms with Crippen molar-refractivity contribution in [2.75, 3.05) is 5.75 Å². The first kappa shape index (κ1) is 26.0. The first-order chi connectivity index (χ1) is 16.0. The van der Waals surface area contributed by atoms with Gasteiger partial charge in [-0.1, -0.05) is 32.0 Å². The molecule has 0 spiro atoms. The predicted molar refractivity (Wildman–Crippen MR) is 129 cm³/mol. The Hall–Kier alpha value is -2.65. The van der Waals surface area contributed by atoms with Crippen LogP contribution in [0.4, 0.5) is 13.2 Å². The Morgan fingerprint density at radius 1 is 1.12 bits per heavy atom. The highest BCUT2D eigenvalue weighted by Gasteiger charge is 2.30. The van der Waals surface area contributed by atoms with Crippen molar-refractivity contribution in [1.29, 1.82) is 0 Å². The second-order valence-electron chi connectivity index (χ2n) is 8.14. The quantitative estimate of drug-likeness (QED) is 0.244. The molecule has 9 heteroatoms. The fourth-order valence-electron chi connectivity index (χ4n) is 3.41. The number of thiazole rings is 1. The van der Waals surface area contributed by atoms with E-state index in [9.17, 15) is 22.8 Å². The van der Waals surface area contributed by atoms with Crippen molar-refractivity contribution in [2.24, 2.45) is 0 Å². The van der Waals surface area contributed by atoms with Crippen LogP contribution in [0.15, 0.2) is 47.4 Å². The Bertz CT molecular complexity index is 1190. The molecule has 1 N–H and O–H groups in total. The topological polar surface area (TPSA) is 67.3 Å². The van der Waals surface area contributed by atoms with Gasteiger partial charge in [-0.25, -0.2) is 4.98 Å². The van der Waals surface area contributed by atoms with Gasteiger partial charge in [0.25, 0.3) is 0 Å². The third-order valence-corrected chi connectivity index (χ3v) is 7.50. The second-order valence-corrected chi connectivity index (χ2v) is 10.2. The summed E-state index contributed by atoms with van der Waals surface area (Å²) < 4.78 is 38.6. The Labute approximate surface area is 204 Å². The Morgan fingerprint density at radius 2 is 1.79 bits per heavy atom. The summed E-state index contributed by atoms with van der Waals surface area (Å²) in [5.74, 6) is -0.862. The molecule has 0 bridgehead atoms. The Morgan fingerprint density at radius 3 is 2.35 bits per heavy atom. The van der Waals surface area contributed by atoms with E-state index in [2.05, 4.69) is 4.98 Å². The molecular weight excluding hydrogens is 483 g/mol. The first-order valence-corrected chi connectivity index (χ1v) is 12.4. The van der Waals surface area contributed by atoms with E-state index in [4.69, 9.17) is 5.11 Å². The molecule has 0 saturated carbocycles.